The summed E-state index contributed by atoms with van der Waals surface area (Å²) in [5, 5.41) is 11.2. The number of ether oxygens (including phenoxy) is 1. The number of ketones is 1. The molecule has 3 aromatic rings. The van der Waals surface area contributed by atoms with Gasteiger partial charge in [-0.05, 0) is 31.5 Å². The van der Waals surface area contributed by atoms with Crippen molar-refractivity contribution in [2.75, 3.05) is 11.5 Å². The second-order valence-corrected chi connectivity index (χ2v) is 7.92. The normalized spacial score (nSPS) is 17.6. The summed E-state index contributed by atoms with van der Waals surface area (Å²) in [6.07, 6.45) is 2.97. The number of nitrogens with zero attached hydrogens (tertiary/aromatic N) is 3. The number of hydrogen-bond acceptors (Lipinski definition) is 8. The third kappa shape index (κ3) is 3.67. The van der Waals surface area contributed by atoms with Crippen LogP contribution in [-0.2, 0) is 14.3 Å². The molecule has 0 aliphatic carbocycles. The molecule has 1 amide bonds. The minimum Gasteiger partial charge on any atom is -0.507 e. The van der Waals surface area contributed by atoms with E-state index >= 15 is 0 Å². The van der Waals surface area contributed by atoms with Crippen molar-refractivity contribution in [3.05, 3.63) is 82.1 Å². The van der Waals surface area contributed by atoms with Gasteiger partial charge in [-0.2, -0.15) is 0 Å². The monoisotopic (exact) mass is 449 g/mol. The third-order valence-corrected chi connectivity index (χ3v) is 6.10. The Morgan fingerprint density at radius 1 is 1.16 bits per heavy atom. The summed E-state index contributed by atoms with van der Waals surface area (Å²) >= 11 is 0.972. The number of amides is 1. The van der Waals surface area contributed by atoms with Crippen LogP contribution in [0.2, 0.25) is 0 Å². The Balaban J connectivity index is 1.89. The average Bonchev–Trinajstić information content (AvgIpc) is 3.32. The summed E-state index contributed by atoms with van der Waals surface area (Å²) in [6.45, 7) is 3.53. The molecule has 32 heavy (non-hydrogen) atoms. The molecule has 0 bridgehead atoms. The van der Waals surface area contributed by atoms with Gasteiger partial charge in [-0.3, -0.25) is 19.5 Å². The molecule has 1 fully saturated rings. The zero-order valence-corrected chi connectivity index (χ0v) is 18.1. The highest BCUT2D eigenvalue weighted by Crippen LogP contribution is 2.43. The highest BCUT2D eigenvalue weighted by Gasteiger charge is 2.48. The number of carbonyl (C=O) groups excluding carboxylic acids is 3. The predicted octanol–water partition coefficient (Wildman–Crippen LogP) is 3.65. The SMILES string of the molecule is CCOC(=O)c1sc(N2C(=O)C(=O)C(=C(O)c3ccncc3)C2c2ccccc2)nc1C. The molecule has 162 valence electrons. The summed E-state index contributed by atoms with van der Waals surface area (Å²) in [5.41, 5.74) is 1.32. The zero-order valence-electron chi connectivity index (χ0n) is 17.3. The van der Waals surface area contributed by atoms with Crippen LogP contribution >= 0.6 is 11.3 Å². The molecule has 0 spiro atoms. The molecule has 0 radical (unpaired) electrons. The number of aromatic nitrogens is 2. The van der Waals surface area contributed by atoms with E-state index in [-0.39, 0.29) is 27.9 Å². The van der Waals surface area contributed by atoms with Crippen molar-refractivity contribution < 1.29 is 24.2 Å². The average molecular weight is 449 g/mol. The molecule has 1 saturated heterocycles. The van der Waals surface area contributed by atoms with Crippen LogP contribution in [-0.4, -0.2) is 39.3 Å². The number of carbonyl (C=O) groups is 3. The summed E-state index contributed by atoms with van der Waals surface area (Å²) < 4.78 is 5.07. The molecule has 1 aromatic carbocycles. The van der Waals surface area contributed by atoms with Crippen LogP contribution in [0.3, 0.4) is 0 Å². The minimum atomic E-state index is -0.912. The van der Waals surface area contributed by atoms with Gasteiger partial charge in [-0.1, -0.05) is 41.7 Å². The maximum atomic E-state index is 13.1. The van der Waals surface area contributed by atoms with Gasteiger partial charge in [0.25, 0.3) is 5.78 Å². The van der Waals surface area contributed by atoms with Crippen LogP contribution in [0, 0.1) is 6.92 Å². The molecule has 1 unspecified atom stereocenters. The highest BCUT2D eigenvalue weighted by molar-refractivity contribution is 7.17. The molecule has 1 atom stereocenters. The van der Waals surface area contributed by atoms with Gasteiger partial charge < -0.3 is 9.84 Å². The number of anilines is 1. The summed E-state index contributed by atoms with van der Waals surface area (Å²) in [6, 6.07) is 11.1. The molecule has 4 rings (SSSR count). The molecule has 3 heterocycles. The van der Waals surface area contributed by atoms with E-state index in [4.69, 9.17) is 4.74 Å². The molecular weight excluding hydrogens is 430 g/mol. The summed E-state index contributed by atoms with van der Waals surface area (Å²) in [5.74, 6) is -2.52. The Labute approximate surface area is 187 Å². The van der Waals surface area contributed by atoms with E-state index in [1.807, 2.05) is 6.07 Å². The molecule has 1 N–H and O–H groups in total. The van der Waals surface area contributed by atoms with Crippen LogP contribution in [0.15, 0.2) is 60.4 Å². The Morgan fingerprint density at radius 2 is 1.84 bits per heavy atom. The largest absolute Gasteiger partial charge is 0.507 e. The predicted molar refractivity (Wildman–Crippen MR) is 118 cm³/mol. The number of benzene rings is 1. The van der Waals surface area contributed by atoms with E-state index in [0.29, 0.717) is 16.8 Å². The van der Waals surface area contributed by atoms with Crippen LogP contribution in [0.25, 0.3) is 5.76 Å². The van der Waals surface area contributed by atoms with Gasteiger partial charge in [0.05, 0.1) is 23.9 Å². The van der Waals surface area contributed by atoms with Gasteiger partial charge >= 0.3 is 11.9 Å². The summed E-state index contributed by atoms with van der Waals surface area (Å²) in [4.78, 5) is 48.3. The maximum absolute atomic E-state index is 13.1. The van der Waals surface area contributed by atoms with Gasteiger partial charge in [-0.25, -0.2) is 9.78 Å². The van der Waals surface area contributed by atoms with E-state index in [9.17, 15) is 19.5 Å². The number of aryl methyl sites for hydroxylation is 1. The summed E-state index contributed by atoms with van der Waals surface area (Å²) in [7, 11) is 0. The number of hydrogen-bond donors (Lipinski definition) is 1. The van der Waals surface area contributed by atoms with Gasteiger partial charge in [0.2, 0.25) is 0 Å². The first-order valence-corrected chi connectivity index (χ1v) is 10.7. The van der Waals surface area contributed by atoms with Gasteiger partial charge in [0.1, 0.15) is 10.6 Å². The second kappa shape index (κ2) is 8.72. The van der Waals surface area contributed by atoms with E-state index in [1.165, 1.54) is 17.3 Å². The van der Waals surface area contributed by atoms with E-state index in [1.54, 1.807) is 50.2 Å². The lowest BCUT2D eigenvalue weighted by Crippen LogP contribution is -2.29. The smallest absolute Gasteiger partial charge is 0.350 e. The number of Topliss-reactive ketones (excluding diaryl/α,β-unsaturated/α-hetero) is 1. The first kappa shape index (κ1) is 21.4. The Bertz CT molecular complexity index is 1220. The fraction of sp³-hybridized carbons (Fsp3) is 0.174. The molecule has 0 saturated carbocycles. The van der Waals surface area contributed by atoms with Crippen molar-refractivity contribution in [2.24, 2.45) is 0 Å². The van der Waals surface area contributed by atoms with Crippen LogP contribution in [0.1, 0.15) is 39.5 Å². The highest BCUT2D eigenvalue weighted by atomic mass is 32.1. The number of thiazole rings is 1. The van der Waals surface area contributed by atoms with E-state index in [0.717, 1.165) is 11.3 Å². The third-order valence-electron chi connectivity index (χ3n) is 4.97. The van der Waals surface area contributed by atoms with Crippen LogP contribution < -0.4 is 4.90 Å². The minimum absolute atomic E-state index is 0.0575. The first-order valence-electron chi connectivity index (χ1n) is 9.85. The molecule has 8 nitrogen and oxygen atoms in total. The van der Waals surface area contributed by atoms with E-state index in [2.05, 4.69) is 9.97 Å². The topological polar surface area (TPSA) is 110 Å². The lowest BCUT2D eigenvalue weighted by molar-refractivity contribution is -0.132. The molecule has 2 aromatic heterocycles. The van der Waals surface area contributed by atoms with E-state index < -0.39 is 23.7 Å². The van der Waals surface area contributed by atoms with Crippen molar-refractivity contribution in [3.63, 3.8) is 0 Å². The fourth-order valence-electron chi connectivity index (χ4n) is 3.52. The van der Waals surface area contributed by atoms with Crippen LogP contribution in [0.5, 0.6) is 0 Å². The van der Waals surface area contributed by atoms with Crippen molar-refractivity contribution >= 4 is 39.9 Å². The number of pyridine rings is 1. The molecule has 1 aliphatic rings. The number of aliphatic hydroxyl groups is 1. The van der Waals surface area contributed by atoms with Crippen molar-refractivity contribution in [1.82, 2.24) is 9.97 Å². The van der Waals surface area contributed by atoms with Crippen molar-refractivity contribution in [3.8, 4) is 0 Å². The Hall–Kier alpha value is -3.85. The molecular formula is C23H19N3O5S. The Morgan fingerprint density at radius 3 is 2.50 bits per heavy atom. The molecule has 9 heteroatoms. The molecule has 1 aliphatic heterocycles. The van der Waals surface area contributed by atoms with Gasteiger partial charge in [0.15, 0.2) is 5.13 Å². The quantitative estimate of drug-likeness (QED) is 0.274. The zero-order chi connectivity index (χ0) is 22.8. The lowest BCUT2D eigenvalue weighted by Gasteiger charge is -2.22. The standard InChI is InChI=1S/C23H19N3O5S/c1-3-31-22(30)20-13(2)25-23(32-20)26-17(14-7-5-4-6-8-14)16(19(28)21(26)29)18(27)15-9-11-24-12-10-15/h4-12,17,27H,3H2,1-2H3. The Kier molecular flexibility index (Phi) is 5.83. The first-order chi connectivity index (χ1) is 15.4. The number of esters is 1. The fourth-order valence-corrected chi connectivity index (χ4v) is 4.50. The number of rotatable bonds is 5. The maximum Gasteiger partial charge on any atom is 0.350 e. The lowest BCUT2D eigenvalue weighted by atomic mass is 9.96. The second-order valence-electron chi connectivity index (χ2n) is 6.95. The number of aliphatic hydroxyl groups excluding tert-OH is 1. The van der Waals surface area contributed by atoms with Gasteiger partial charge in [-0.15, -0.1) is 0 Å². The van der Waals surface area contributed by atoms with Crippen LogP contribution in [0.4, 0.5) is 5.13 Å². The van der Waals surface area contributed by atoms with Gasteiger partial charge in [0, 0.05) is 18.0 Å². The van der Waals surface area contributed by atoms with Crippen molar-refractivity contribution in [1.29, 1.82) is 0 Å². The van der Waals surface area contributed by atoms with Crippen molar-refractivity contribution in [2.45, 2.75) is 19.9 Å².